The van der Waals surface area contributed by atoms with E-state index in [1.54, 1.807) is 41.4 Å². The number of amides is 3. The number of rotatable bonds is 6. The first-order valence-electron chi connectivity index (χ1n) is 10.6. The van der Waals surface area contributed by atoms with Gasteiger partial charge in [0.2, 0.25) is 5.91 Å². The van der Waals surface area contributed by atoms with Crippen LogP contribution in [-0.2, 0) is 9.53 Å². The van der Waals surface area contributed by atoms with Crippen molar-refractivity contribution in [2.24, 2.45) is 5.73 Å². The van der Waals surface area contributed by atoms with Gasteiger partial charge in [0.25, 0.3) is 5.91 Å². The van der Waals surface area contributed by atoms with Crippen LogP contribution in [0.15, 0.2) is 47.5 Å². The van der Waals surface area contributed by atoms with E-state index >= 15 is 0 Å². The first-order chi connectivity index (χ1) is 15.6. The van der Waals surface area contributed by atoms with E-state index in [0.29, 0.717) is 42.5 Å². The fourth-order valence-electron chi connectivity index (χ4n) is 3.23. The molecule has 0 radical (unpaired) electrons. The van der Waals surface area contributed by atoms with Crippen LogP contribution in [0.5, 0.6) is 0 Å². The molecule has 1 aliphatic rings. The number of thioether (sulfide) groups is 1. The number of ether oxygens (including phenoxy) is 1. The highest BCUT2D eigenvalue weighted by atomic mass is 32.2. The third kappa shape index (κ3) is 7.11. The van der Waals surface area contributed by atoms with Crippen molar-refractivity contribution in [2.45, 2.75) is 31.3 Å². The molecule has 2 aromatic rings. The van der Waals surface area contributed by atoms with Crippen molar-refractivity contribution >= 4 is 41.2 Å². The Labute approximate surface area is 197 Å². The van der Waals surface area contributed by atoms with Gasteiger partial charge in [-0.1, -0.05) is 12.1 Å². The predicted molar refractivity (Wildman–Crippen MR) is 129 cm³/mol. The molecule has 1 saturated heterocycles. The maximum Gasteiger partial charge on any atom is 0.410 e. The normalized spacial score (nSPS) is 14.0. The molecule has 9 nitrogen and oxygen atoms in total. The third-order valence-corrected chi connectivity index (χ3v) is 5.88. The van der Waals surface area contributed by atoms with Gasteiger partial charge in [-0.25, -0.2) is 9.78 Å². The maximum absolute atomic E-state index is 12.7. The topological polar surface area (TPSA) is 118 Å². The van der Waals surface area contributed by atoms with Crippen molar-refractivity contribution in [1.82, 2.24) is 9.88 Å². The van der Waals surface area contributed by atoms with Crippen molar-refractivity contribution in [3.8, 4) is 0 Å². The number of primary amides is 1. The number of piperazine rings is 1. The molecule has 3 amide bonds. The lowest BCUT2D eigenvalue weighted by Gasteiger charge is -2.36. The quantitative estimate of drug-likeness (QED) is 0.622. The fraction of sp³-hybridized carbons (Fsp3) is 0.391. The smallest absolute Gasteiger partial charge is 0.410 e. The molecule has 0 unspecified atom stereocenters. The maximum atomic E-state index is 12.7. The molecule has 1 aliphatic heterocycles. The van der Waals surface area contributed by atoms with Crippen LogP contribution >= 0.6 is 11.8 Å². The summed E-state index contributed by atoms with van der Waals surface area (Å²) < 4.78 is 5.43. The molecule has 33 heavy (non-hydrogen) atoms. The van der Waals surface area contributed by atoms with Crippen molar-refractivity contribution in [2.75, 3.05) is 42.1 Å². The zero-order valence-corrected chi connectivity index (χ0v) is 19.9. The van der Waals surface area contributed by atoms with Crippen LogP contribution in [0.1, 0.15) is 31.1 Å². The van der Waals surface area contributed by atoms with E-state index in [-0.39, 0.29) is 17.8 Å². The molecular weight excluding hydrogens is 442 g/mol. The number of carbonyl (C=O) groups excluding carboxylic acids is 3. The molecule has 2 heterocycles. The molecule has 0 aliphatic carbocycles. The van der Waals surface area contributed by atoms with Crippen LogP contribution in [0.3, 0.4) is 0 Å². The number of nitrogens with one attached hydrogen (secondary N) is 1. The lowest BCUT2D eigenvalue weighted by molar-refractivity contribution is -0.115. The van der Waals surface area contributed by atoms with E-state index < -0.39 is 11.5 Å². The Hall–Kier alpha value is -3.27. The average Bonchev–Trinajstić information content (AvgIpc) is 2.77. The van der Waals surface area contributed by atoms with E-state index in [4.69, 9.17) is 10.5 Å². The number of carbonyl (C=O) groups is 3. The lowest BCUT2D eigenvalue weighted by Crippen LogP contribution is -2.50. The third-order valence-electron chi connectivity index (χ3n) is 4.79. The molecule has 0 saturated carbocycles. The summed E-state index contributed by atoms with van der Waals surface area (Å²) in [5, 5.41) is 2.79. The van der Waals surface area contributed by atoms with Gasteiger partial charge < -0.3 is 25.6 Å². The van der Waals surface area contributed by atoms with Gasteiger partial charge in [-0.3, -0.25) is 9.59 Å². The fourth-order valence-corrected chi connectivity index (χ4v) is 4.02. The van der Waals surface area contributed by atoms with Crippen LogP contribution in [-0.4, -0.2) is 65.3 Å². The highest BCUT2D eigenvalue weighted by Crippen LogP contribution is 2.24. The van der Waals surface area contributed by atoms with Crippen LogP contribution < -0.4 is 16.0 Å². The van der Waals surface area contributed by atoms with Crippen LogP contribution in [0.25, 0.3) is 0 Å². The second-order valence-electron chi connectivity index (χ2n) is 8.56. The van der Waals surface area contributed by atoms with Crippen LogP contribution in [0.2, 0.25) is 0 Å². The Morgan fingerprint density at radius 1 is 1.09 bits per heavy atom. The monoisotopic (exact) mass is 471 g/mol. The van der Waals surface area contributed by atoms with Gasteiger partial charge in [0.05, 0.1) is 23.2 Å². The van der Waals surface area contributed by atoms with Crippen LogP contribution in [0, 0.1) is 0 Å². The van der Waals surface area contributed by atoms with Gasteiger partial charge in [0.15, 0.2) is 0 Å². The van der Waals surface area contributed by atoms with Gasteiger partial charge in [-0.15, -0.1) is 11.8 Å². The second kappa shape index (κ2) is 10.6. The molecule has 1 fully saturated rings. The van der Waals surface area contributed by atoms with Crippen molar-refractivity contribution in [3.05, 3.63) is 48.2 Å². The molecule has 0 bridgehead atoms. The lowest BCUT2D eigenvalue weighted by atomic mass is 10.2. The summed E-state index contributed by atoms with van der Waals surface area (Å²) in [5.41, 5.74) is 6.06. The highest BCUT2D eigenvalue weighted by Gasteiger charge is 2.26. The minimum absolute atomic E-state index is 0.0957. The zero-order chi connectivity index (χ0) is 24.0. The van der Waals surface area contributed by atoms with Gasteiger partial charge in [-0.2, -0.15) is 0 Å². The Kier molecular flexibility index (Phi) is 7.80. The molecule has 10 heteroatoms. The highest BCUT2D eigenvalue weighted by molar-refractivity contribution is 8.00. The van der Waals surface area contributed by atoms with Gasteiger partial charge in [0, 0.05) is 31.1 Å². The Balaban J connectivity index is 1.57. The molecule has 3 N–H and O–H groups in total. The average molecular weight is 472 g/mol. The van der Waals surface area contributed by atoms with E-state index in [1.807, 2.05) is 26.8 Å². The summed E-state index contributed by atoms with van der Waals surface area (Å²) in [5.74, 6) is -0.239. The van der Waals surface area contributed by atoms with Crippen molar-refractivity contribution in [3.63, 3.8) is 0 Å². The summed E-state index contributed by atoms with van der Waals surface area (Å²) in [6.45, 7) is 8.01. The zero-order valence-electron chi connectivity index (χ0n) is 19.0. The van der Waals surface area contributed by atoms with Crippen LogP contribution in [0.4, 0.5) is 16.3 Å². The first kappa shape index (κ1) is 24.4. The Morgan fingerprint density at radius 3 is 2.39 bits per heavy atom. The summed E-state index contributed by atoms with van der Waals surface area (Å²) in [7, 11) is 0. The summed E-state index contributed by atoms with van der Waals surface area (Å²) in [4.78, 5) is 44.9. The SMILES string of the molecule is CC(C)(C)OC(=O)N1CCN(c2ccc(NC(=O)c3ccccc3SCC(N)=O)nc2)CC1. The molecular formula is C23H29N5O4S. The largest absolute Gasteiger partial charge is 0.444 e. The predicted octanol–water partition coefficient (Wildman–Crippen LogP) is 2.97. The minimum Gasteiger partial charge on any atom is -0.444 e. The number of nitrogens with two attached hydrogens (primary N) is 1. The Bertz CT molecular complexity index is 999. The van der Waals surface area contributed by atoms with Gasteiger partial charge in [-0.05, 0) is 45.0 Å². The van der Waals surface area contributed by atoms with E-state index in [1.165, 1.54) is 11.8 Å². The number of hydrogen-bond acceptors (Lipinski definition) is 7. The summed E-state index contributed by atoms with van der Waals surface area (Å²) in [6, 6.07) is 10.7. The van der Waals surface area contributed by atoms with Gasteiger partial charge in [0.1, 0.15) is 11.4 Å². The molecule has 3 rings (SSSR count). The van der Waals surface area contributed by atoms with Gasteiger partial charge >= 0.3 is 6.09 Å². The summed E-state index contributed by atoms with van der Waals surface area (Å²) in [6.07, 6.45) is 1.40. The minimum atomic E-state index is -0.514. The van der Waals surface area contributed by atoms with Crippen molar-refractivity contribution in [1.29, 1.82) is 0 Å². The molecule has 1 aromatic carbocycles. The molecule has 176 valence electrons. The van der Waals surface area contributed by atoms with E-state index in [2.05, 4.69) is 15.2 Å². The molecule has 0 atom stereocenters. The second-order valence-corrected chi connectivity index (χ2v) is 9.58. The number of hydrogen-bond donors (Lipinski definition) is 2. The van der Waals surface area contributed by atoms with E-state index in [9.17, 15) is 14.4 Å². The molecule has 1 aromatic heterocycles. The number of nitrogens with zero attached hydrogens (tertiary/aromatic N) is 3. The standard InChI is InChI=1S/C23H29N5O4S/c1-23(2,3)32-22(31)28-12-10-27(11-13-28)16-8-9-20(25-14-16)26-21(30)17-6-4-5-7-18(17)33-15-19(24)29/h4-9,14H,10-13,15H2,1-3H3,(H2,24,29)(H,25,26,30). The number of pyridine rings is 1. The number of aromatic nitrogens is 1. The number of benzene rings is 1. The Morgan fingerprint density at radius 2 is 1.79 bits per heavy atom. The first-order valence-corrected chi connectivity index (χ1v) is 11.6. The van der Waals surface area contributed by atoms with Crippen molar-refractivity contribution < 1.29 is 19.1 Å². The number of anilines is 2. The summed E-state index contributed by atoms with van der Waals surface area (Å²) >= 11 is 1.22. The van der Waals surface area contributed by atoms with E-state index in [0.717, 1.165) is 5.69 Å². The molecule has 0 spiro atoms.